The van der Waals surface area contributed by atoms with Crippen LogP contribution in [0.3, 0.4) is 0 Å². The van der Waals surface area contributed by atoms with Crippen molar-refractivity contribution in [1.82, 2.24) is 5.32 Å². The van der Waals surface area contributed by atoms with Gasteiger partial charge in [-0.05, 0) is 19.4 Å². The van der Waals surface area contributed by atoms with Crippen LogP contribution < -0.4 is 5.32 Å². The number of hydrogen-bond acceptors (Lipinski definition) is 2. The van der Waals surface area contributed by atoms with Crippen molar-refractivity contribution in [3.05, 3.63) is 34.0 Å². The standard InChI is InChI=1S/C10H13NOS/c1-4-5-11-10(12)9-6-13-8(3)7(9)2/h4,6H,1,5H2,2-3H3,(H,11,12). The molecule has 0 aliphatic heterocycles. The molecule has 0 spiro atoms. The molecule has 0 aromatic carbocycles. The minimum Gasteiger partial charge on any atom is -0.349 e. The van der Waals surface area contributed by atoms with E-state index in [0.717, 1.165) is 11.1 Å². The highest BCUT2D eigenvalue weighted by Gasteiger charge is 2.10. The molecule has 1 amide bonds. The van der Waals surface area contributed by atoms with E-state index in [1.807, 2.05) is 19.2 Å². The van der Waals surface area contributed by atoms with Crippen LogP contribution in [-0.2, 0) is 0 Å². The third-order valence-electron chi connectivity index (χ3n) is 1.94. The summed E-state index contributed by atoms with van der Waals surface area (Å²) in [4.78, 5) is 12.7. The number of thiophene rings is 1. The summed E-state index contributed by atoms with van der Waals surface area (Å²) in [6.07, 6.45) is 1.67. The lowest BCUT2D eigenvalue weighted by Crippen LogP contribution is -2.23. The first-order valence-electron chi connectivity index (χ1n) is 4.10. The van der Waals surface area contributed by atoms with E-state index in [9.17, 15) is 4.79 Å². The van der Waals surface area contributed by atoms with Crippen molar-refractivity contribution in [1.29, 1.82) is 0 Å². The van der Waals surface area contributed by atoms with E-state index >= 15 is 0 Å². The molecule has 0 unspecified atom stereocenters. The van der Waals surface area contributed by atoms with E-state index < -0.39 is 0 Å². The largest absolute Gasteiger partial charge is 0.349 e. The minimum absolute atomic E-state index is 0.0123. The van der Waals surface area contributed by atoms with Crippen molar-refractivity contribution in [2.24, 2.45) is 0 Å². The van der Waals surface area contributed by atoms with Gasteiger partial charge in [-0.25, -0.2) is 0 Å². The summed E-state index contributed by atoms with van der Waals surface area (Å²) in [7, 11) is 0. The Kier molecular flexibility index (Phi) is 3.25. The highest BCUT2D eigenvalue weighted by molar-refractivity contribution is 7.10. The van der Waals surface area contributed by atoms with Crippen LogP contribution in [-0.4, -0.2) is 12.5 Å². The Balaban J connectivity index is 2.77. The van der Waals surface area contributed by atoms with Crippen molar-refractivity contribution >= 4 is 17.2 Å². The number of nitrogens with one attached hydrogen (secondary N) is 1. The maximum absolute atomic E-state index is 11.5. The average molecular weight is 195 g/mol. The third kappa shape index (κ3) is 2.18. The highest BCUT2D eigenvalue weighted by Crippen LogP contribution is 2.20. The van der Waals surface area contributed by atoms with Gasteiger partial charge < -0.3 is 5.32 Å². The lowest BCUT2D eigenvalue weighted by molar-refractivity contribution is 0.0958. The molecule has 13 heavy (non-hydrogen) atoms. The summed E-state index contributed by atoms with van der Waals surface area (Å²) < 4.78 is 0. The molecule has 3 heteroatoms. The van der Waals surface area contributed by atoms with E-state index in [0.29, 0.717) is 6.54 Å². The van der Waals surface area contributed by atoms with Gasteiger partial charge in [0.05, 0.1) is 5.56 Å². The van der Waals surface area contributed by atoms with Gasteiger partial charge in [0, 0.05) is 16.8 Å². The summed E-state index contributed by atoms with van der Waals surface area (Å²) in [6.45, 7) is 8.05. The zero-order valence-electron chi connectivity index (χ0n) is 7.89. The molecule has 1 aromatic rings. The number of carbonyl (C=O) groups is 1. The van der Waals surface area contributed by atoms with Crippen LogP contribution >= 0.6 is 11.3 Å². The monoisotopic (exact) mass is 195 g/mol. The predicted octanol–water partition coefficient (Wildman–Crippen LogP) is 2.28. The molecule has 2 nitrogen and oxygen atoms in total. The van der Waals surface area contributed by atoms with Gasteiger partial charge in [0.1, 0.15) is 0 Å². The summed E-state index contributed by atoms with van der Waals surface area (Å²) in [5.74, 6) is -0.0123. The third-order valence-corrected chi connectivity index (χ3v) is 2.95. The lowest BCUT2D eigenvalue weighted by Gasteiger charge is -2.00. The fraction of sp³-hybridized carbons (Fsp3) is 0.300. The number of aryl methyl sites for hydroxylation is 1. The van der Waals surface area contributed by atoms with Crippen LogP contribution in [0.1, 0.15) is 20.8 Å². The van der Waals surface area contributed by atoms with Gasteiger partial charge in [-0.1, -0.05) is 6.08 Å². The number of rotatable bonds is 3. The van der Waals surface area contributed by atoms with Gasteiger partial charge in [-0.2, -0.15) is 0 Å². The quantitative estimate of drug-likeness (QED) is 0.737. The number of amides is 1. The van der Waals surface area contributed by atoms with Gasteiger partial charge >= 0.3 is 0 Å². The Morgan fingerprint density at radius 3 is 2.85 bits per heavy atom. The van der Waals surface area contributed by atoms with E-state index in [1.54, 1.807) is 17.4 Å². The van der Waals surface area contributed by atoms with E-state index in [4.69, 9.17) is 0 Å². The molecular formula is C10H13NOS. The second kappa shape index (κ2) is 4.23. The van der Waals surface area contributed by atoms with Crippen LogP contribution in [0.4, 0.5) is 0 Å². The second-order valence-corrected chi connectivity index (χ2v) is 3.91. The molecule has 1 rings (SSSR count). The van der Waals surface area contributed by atoms with Crippen LogP contribution in [0, 0.1) is 13.8 Å². The Morgan fingerprint density at radius 2 is 2.38 bits per heavy atom. The topological polar surface area (TPSA) is 29.1 Å². The maximum Gasteiger partial charge on any atom is 0.252 e. The Labute approximate surface area is 82.3 Å². The van der Waals surface area contributed by atoms with Crippen LogP contribution in [0.5, 0.6) is 0 Å². The Hall–Kier alpha value is -1.09. The minimum atomic E-state index is -0.0123. The molecule has 1 aromatic heterocycles. The molecule has 0 aliphatic carbocycles. The average Bonchev–Trinajstić information content (AvgIpc) is 2.44. The molecule has 1 heterocycles. The normalized spacial score (nSPS) is 9.69. The van der Waals surface area contributed by atoms with Crippen LogP contribution in [0.15, 0.2) is 18.0 Å². The fourth-order valence-corrected chi connectivity index (χ4v) is 1.86. The molecular weight excluding hydrogens is 182 g/mol. The summed E-state index contributed by atoms with van der Waals surface area (Å²) in [5, 5.41) is 4.64. The summed E-state index contributed by atoms with van der Waals surface area (Å²) >= 11 is 1.61. The van der Waals surface area contributed by atoms with Crippen molar-refractivity contribution in [3.8, 4) is 0 Å². The van der Waals surface area contributed by atoms with Crippen molar-refractivity contribution in [2.45, 2.75) is 13.8 Å². The van der Waals surface area contributed by atoms with Crippen LogP contribution in [0.2, 0.25) is 0 Å². The van der Waals surface area contributed by atoms with E-state index in [-0.39, 0.29) is 5.91 Å². The van der Waals surface area contributed by atoms with Crippen molar-refractivity contribution < 1.29 is 4.79 Å². The Bertz CT molecular complexity index is 328. The Morgan fingerprint density at radius 1 is 1.69 bits per heavy atom. The molecule has 0 bridgehead atoms. The van der Waals surface area contributed by atoms with Crippen molar-refractivity contribution in [2.75, 3.05) is 6.54 Å². The molecule has 70 valence electrons. The SMILES string of the molecule is C=CCNC(=O)c1csc(C)c1C. The summed E-state index contributed by atoms with van der Waals surface area (Å²) in [6, 6.07) is 0. The smallest absolute Gasteiger partial charge is 0.252 e. The van der Waals surface area contributed by atoms with E-state index in [1.165, 1.54) is 4.88 Å². The zero-order valence-corrected chi connectivity index (χ0v) is 8.70. The van der Waals surface area contributed by atoms with Gasteiger partial charge in [0.2, 0.25) is 0 Å². The predicted molar refractivity (Wildman–Crippen MR) is 56.3 cm³/mol. The molecule has 0 fully saturated rings. The van der Waals surface area contributed by atoms with E-state index in [2.05, 4.69) is 11.9 Å². The fourth-order valence-electron chi connectivity index (χ4n) is 0.998. The van der Waals surface area contributed by atoms with Gasteiger partial charge in [0.25, 0.3) is 5.91 Å². The van der Waals surface area contributed by atoms with Crippen LogP contribution in [0.25, 0.3) is 0 Å². The van der Waals surface area contributed by atoms with Crippen molar-refractivity contribution in [3.63, 3.8) is 0 Å². The molecule has 0 aliphatic rings. The molecule has 0 radical (unpaired) electrons. The van der Waals surface area contributed by atoms with Gasteiger partial charge in [-0.15, -0.1) is 17.9 Å². The second-order valence-electron chi connectivity index (χ2n) is 2.83. The molecule has 1 N–H and O–H groups in total. The number of hydrogen-bond donors (Lipinski definition) is 1. The number of carbonyl (C=O) groups excluding carboxylic acids is 1. The highest BCUT2D eigenvalue weighted by atomic mass is 32.1. The molecule has 0 atom stereocenters. The molecule has 0 saturated heterocycles. The zero-order chi connectivity index (χ0) is 9.84. The first-order valence-corrected chi connectivity index (χ1v) is 4.98. The maximum atomic E-state index is 11.5. The van der Waals surface area contributed by atoms with Gasteiger partial charge in [-0.3, -0.25) is 4.79 Å². The molecule has 0 saturated carbocycles. The first kappa shape index (κ1) is 9.99. The van der Waals surface area contributed by atoms with Gasteiger partial charge in [0.15, 0.2) is 0 Å². The lowest BCUT2D eigenvalue weighted by atomic mass is 10.2. The summed E-state index contributed by atoms with van der Waals surface area (Å²) in [5.41, 5.74) is 1.86. The first-order chi connectivity index (χ1) is 6.16.